The van der Waals surface area contributed by atoms with E-state index in [2.05, 4.69) is 13.8 Å². The van der Waals surface area contributed by atoms with Crippen LogP contribution < -0.4 is 10.2 Å². The third-order valence-electron chi connectivity index (χ3n) is 5.95. The number of aryl methyl sites for hydroxylation is 1. The maximum atomic E-state index is 13.4. The molecule has 0 unspecified atom stereocenters. The van der Waals surface area contributed by atoms with E-state index in [-0.39, 0.29) is 39.2 Å². The van der Waals surface area contributed by atoms with Crippen LogP contribution in [0, 0.1) is 5.92 Å². The molecule has 1 aromatic heterocycles. The van der Waals surface area contributed by atoms with Crippen LogP contribution in [0.2, 0.25) is 0 Å². The first kappa shape index (κ1) is 21.1. The predicted molar refractivity (Wildman–Crippen MR) is 119 cm³/mol. The van der Waals surface area contributed by atoms with Crippen molar-refractivity contribution in [2.75, 3.05) is 0 Å². The van der Waals surface area contributed by atoms with Gasteiger partial charge in [-0.1, -0.05) is 19.9 Å². The molecule has 0 bridgehead atoms. The molecular formula is C25H28O6. The second-order valence-electron chi connectivity index (χ2n) is 9.32. The van der Waals surface area contributed by atoms with Crippen LogP contribution in [-0.2, 0) is 12.8 Å². The monoisotopic (exact) mass is 424 g/mol. The molecule has 164 valence electrons. The highest BCUT2D eigenvalue weighted by atomic mass is 16.5. The van der Waals surface area contributed by atoms with Crippen LogP contribution in [0.5, 0.6) is 23.0 Å². The SMILES string of the molecule is CC(C)CCc1c2c(c3occ(-c4ccc(O)c(O)c4)c(=O)c3c1O)CCC(C)(C)O2. The van der Waals surface area contributed by atoms with Gasteiger partial charge in [-0.2, -0.15) is 0 Å². The first-order valence-electron chi connectivity index (χ1n) is 10.6. The zero-order valence-corrected chi connectivity index (χ0v) is 18.3. The zero-order valence-electron chi connectivity index (χ0n) is 18.3. The summed E-state index contributed by atoms with van der Waals surface area (Å²) in [5, 5.41) is 30.8. The van der Waals surface area contributed by atoms with Gasteiger partial charge >= 0.3 is 0 Å². The van der Waals surface area contributed by atoms with E-state index >= 15 is 0 Å². The first-order chi connectivity index (χ1) is 14.6. The van der Waals surface area contributed by atoms with Crippen LogP contribution in [-0.4, -0.2) is 20.9 Å². The van der Waals surface area contributed by atoms with E-state index in [1.165, 1.54) is 24.5 Å². The van der Waals surface area contributed by atoms with Crippen molar-refractivity contribution in [1.29, 1.82) is 0 Å². The van der Waals surface area contributed by atoms with Crippen molar-refractivity contribution in [2.45, 2.75) is 59.0 Å². The van der Waals surface area contributed by atoms with Crippen molar-refractivity contribution >= 4 is 11.0 Å². The van der Waals surface area contributed by atoms with E-state index in [1.54, 1.807) is 0 Å². The Bertz CT molecular complexity index is 1220. The predicted octanol–water partition coefficient (Wildman–Crippen LogP) is 5.27. The maximum absolute atomic E-state index is 13.4. The topological polar surface area (TPSA) is 100 Å². The van der Waals surface area contributed by atoms with Crippen LogP contribution in [0.3, 0.4) is 0 Å². The van der Waals surface area contributed by atoms with Gasteiger partial charge in [0.25, 0.3) is 0 Å². The maximum Gasteiger partial charge on any atom is 0.204 e. The number of hydrogen-bond acceptors (Lipinski definition) is 6. The van der Waals surface area contributed by atoms with Crippen LogP contribution in [0.25, 0.3) is 22.1 Å². The van der Waals surface area contributed by atoms with Gasteiger partial charge in [-0.3, -0.25) is 4.79 Å². The number of hydrogen-bond donors (Lipinski definition) is 3. The molecule has 0 atom stereocenters. The molecule has 6 heteroatoms. The van der Waals surface area contributed by atoms with Crippen LogP contribution in [0.1, 0.15) is 51.7 Å². The van der Waals surface area contributed by atoms with Crippen LogP contribution in [0.4, 0.5) is 0 Å². The fraction of sp³-hybridized carbons (Fsp3) is 0.400. The van der Waals surface area contributed by atoms with Gasteiger partial charge < -0.3 is 24.5 Å². The molecule has 0 fully saturated rings. The standard InChI is InChI=1S/C25H28O6/c1-13(2)5-7-15-21(28)20-22(29)17(14-6-8-18(26)19(27)11-14)12-30-24(20)16-9-10-25(3,4)31-23(15)16/h6,8,11-13,26-28H,5,7,9-10H2,1-4H3. The zero-order chi connectivity index (χ0) is 22.5. The summed E-state index contributed by atoms with van der Waals surface area (Å²) in [6.07, 6.45) is 4.20. The summed E-state index contributed by atoms with van der Waals surface area (Å²) < 4.78 is 12.2. The summed E-state index contributed by atoms with van der Waals surface area (Å²) in [5.74, 6) is 0.331. The minimum atomic E-state index is -0.387. The molecule has 0 aliphatic carbocycles. The third kappa shape index (κ3) is 3.71. The Kier molecular flexibility index (Phi) is 5.12. The highest BCUT2D eigenvalue weighted by Gasteiger charge is 2.33. The molecule has 4 rings (SSSR count). The number of fused-ring (bicyclic) bond motifs is 3. The minimum Gasteiger partial charge on any atom is -0.507 e. The third-order valence-corrected chi connectivity index (χ3v) is 5.95. The van der Waals surface area contributed by atoms with E-state index in [0.717, 1.165) is 18.4 Å². The number of rotatable bonds is 4. The summed E-state index contributed by atoms with van der Waals surface area (Å²) in [7, 11) is 0. The van der Waals surface area contributed by atoms with E-state index in [9.17, 15) is 20.1 Å². The molecule has 6 nitrogen and oxygen atoms in total. The molecule has 3 N–H and O–H groups in total. The van der Waals surface area contributed by atoms with Crippen LogP contribution >= 0.6 is 0 Å². The average Bonchev–Trinajstić information content (AvgIpc) is 2.69. The lowest BCUT2D eigenvalue weighted by Crippen LogP contribution is -2.33. The quantitative estimate of drug-likeness (QED) is 0.494. The fourth-order valence-electron chi connectivity index (χ4n) is 4.11. The Morgan fingerprint density at radius 2 is 1.87 bits per heavy atom. The molecule has 0 spiro atoms. The number of phenols is 3. The molecule has 31 heavy (non-hydrogen) atoms. The molecule has 0 saturated heterocycles. The number of ether oxygens (including phenoxy) is 1. The van der Waals surface area contributed by atoms with Gasteiger partial charge in [0.1, 0.15) is 34.3 Å². The lowest BCUT2D eigenvalue weighted by molar-refractivity contribution is 0.0830. The molecule has 0 radical (unpaired) electrons. The summed E-state index contributed by atoms with van der Waals surface area (Å²) in [6.45, 7) is 8.25. The highest BCUT2D eigenvalue weighted by molar-refractivity contribution is 5.93. The van der Waals surface area contributed by atoms with Crippen molar-refractivity contribution < 1.29 is 24.5 Å². The Morgan fingerprint density at radius 1 is 1.13 bits per heavy atom. The summed E-state index contributed by atoms with van der Waals surface area (Å²) in [4.78, 5) is 13.4. The molecule has 2 aromatic carbocycles. The second kappa shape index (κ2) is 7.52. The van der Waals surface area contributed by atoms with Gasteiger partial charge in [-0.05, 0) is 63.1 Å². The van der Waals surface area contributed by atoms with E-state index in [4.69, 9.17) is 9.15 Å². The number of aromatic hydroxyl groups is 3. The summed E-state index contributed by atoms with van der Waals surface area (Å²) in [5.41, 5.74) is 1.62. The van der Waals surface area contributed by atoms with Gasteiger partial charge in [-0.15, -0.1) is 0 Å². The molecule has 1 aliphatic rings. The Balaban J connectivity index is 1.99. The van der Waals surface area contributed by atoms with Gasteiger partial charge in [0.15, 0.2) is 11.5 Å². The summed E-state index contributed by atoms with van der Waals surface area (Å²) in [6, 6.07) is 4.13. The lowest BCUT2D eigenvalue weighted by atomic mass is 9.88. The average molecular weight is 424 g/mol. The van der Waals surface area contributed by atoms with Gasteiger partial charge in [-0.25, -0.2) is 0 Å². The Hall–Kier alpha value is -3.15. The fourth-order valence-corrected chi connectivity index (χ4v) is 4.11. The number of benzene rings is 2. The van der Waals surface area contributed by atoms with Crippen molar-refractivity contribution in [2.24, 2.45) is 5.92 Å². The van der Waals surface area contributed by atoms with Crippen molar-refractivity contribution in [3.8, 4) is 34.1 Å². The molecule has 0 saturated carbocycles. The second-order valence-corrected chi connectivity index (χ2v) is 9.32. The van der Waals surface area contributed by atoms with Crippen molar-refractivity contribution in [3.05, 3.63) is 45.8 Å². The number of phenolic OH excluding ortho intramolecular Hbond substituents is 3. The normalized spacial score (nSPS) is 15.1. The molecular weight excluding hydrogens is 396 g/mol. The lowest BCUT2D eigenvalue weighted by Gasteiger charge is -2.34. The summed E-state index contributed by atoms with van der Waals surface area (Å²) >= 11 is 0. The van der Waals surface area contributed by atoms with E-state index < -0.39 is 0 Å². The van der Waals surface area contributed by atoms with Gasteiger partial charge in [0.2, 0.25) is 5.43 Å². The minimum absolute atomic E-state index is 0.106. The van der Waals surface area contributed by atoms with Crippen molar-refractivity contribution in [1.82, 2.24) is 0 Å². The Labute approximate surface area is 180 Å². The van der Waals surface area contributed by atoms with Crippen LogP contribution in [0.15, 0.2) is 33.7 Å². The molecule has 3 aromatic rings. The van der Waals surface area contributed by atoms with E-state index in [0.29, 0.717) is 41.2 Å². The Morgan fingerprint density at radius 3 is 2.55 bits per heavy atom. The first-order valence-corrected chi connectivity index (χ1v) is 10.6. The molecule has 2 heterocycles. The molecule has 0 amide bonds. The van der Waals surface area contributed by atoms with Gasteiger partial charge in [0, 0.05) is 11.1 Å². The molecule has 1 aliphatic heterocycles. The largest absolute Gasteiger partial charge is 0.507 e. The van der Waals surface area contributed by atoms with E-state index in [1.807, 2.05) is 13.8 Å². The highest BCUT2D eigenvalue weighted by Crippen LogP contribution is 2.46. The smallest absolute Gasteiger partial charge is 0.204 e. The van der Waals surface area contributed by atoms with Crippen molar-refractivity contribution in [3.63, 3.8) is 0 Å². The van der Waals surface area contributed by atoms with Gasteiger partial charge in [0.05, 0.1) is 5.56 Å².